The lowest BCUT2D eigenvalue weighted by Crippen LogP contribution is -2.39. The fraction of sp³-hybridized carbons (Fsp3) is 0.182. The topological polar surface area (TPSA) is 83.8 Å². The van der Waals surface area contributed by atoms with Gasteiger partial charge in [0, 0.05) is 32.1 Å². The molecule has 7 nitrogen and oxygen atoms in total. The van der Waals surface area contributed by atoms with Gasteiger partial charge in [-0.1, -0.05) is 45.2 Å². The lowest BCUT2D eigenvalue weighted by Gasteiger charge is -2.22. The predicted octanol–water partition coefficient (Wildman–Crippen LogP) is 5.08. The summed E-state index contributed by atoms with van der Waals surface area (Å²) in [7, 11) is -3.80. The van der Waals surface area contributed by atoms with E-state index in [1.165, 1.54) is 24.4 Å². The van der Waals surface area contributed by atoms with E-state index in [4.69, 9.17) is 23.2 Å². The molecule has 0 aliphatic rings. The Morgan fingerprint density at radius 2 is 1.91 bits per heavy atom. The van der Waals surface area contributed by atoms with Crippen LogP contribution >= 0.6 is 39.1 Å². The number of rotatable bonds is 7. The van der Waals surface area contributed by atoms with Crippen LogP contribution < -0.4 is 9.73 Å². The van der Waals surface area contributed by atoms with Crippen LogP contribution in [0.5, 0.6) is 0 Å². The zero-order chi connectivity index (χ0) is 24.3. The van der Waals surface area contributed by atoms with Crippen molar-refractivity contribution in [1.82, 2.24) is 9.99 Å². The monoisotopic (exact) mass is 570 g/mol. The summed E-state index contributed by atoms with van der Waals surface area (Å²) in [6.07, 6.45) is 2.50. The van der Waals surface area contributed by atoms with Crippen molar-refractivity contribution < 1.29 is 13.2 Å². The molecule has 3 aromatic rings. The Hall–Kier alpha value is -2.33. The molecule has 0 bridgehead atoms. The van der Waals surface area contributed by atoms with Gasteiger partial charge in [-0.2, -0.15) is 5.10 Å². The maximum absolute atomic E-state index is 12.5. The smallest absolute Gasteiger partial charge is 0.260 e. The van der Waals surface area contributed by atoms with Gasteiger partial charge in [-0.25, -0.2) is 13.8 Å². The third-order valence-corrected chi connectivity index (χ3v) is 6.97. The molecule has 0 atom stereocenters. The van der Waals surface area contributed by atoms with Crippen LogP contribution in [0.1, 0.15) is 17.0 Å². The minimum atomic E-state index is -3.80. The van der Waals surface area contributed by atoms with Gasteiger partial charge in [0.25, 0.3) is 5.91 Å². The van der Waals surface area contributed by atoms with Crippen molar-refractivity contribution in [3.05, 3.63) is 80.0 Å². The maximum atomic E-state index is 12.5. The summed E-state index contributed by atoms with van der Waals surface area (Å²) in [5, 5.41) is 4.46. The summed E-state index contributed by atoms with van der Waals surface area (Å²) in [6.45, 7) is 3.42. The molecule has 0 aliphatic heterocycles. The van der Waals surface area contributed by atoms with E-state index in [9.17, 15) is 13.2 Å². The molecule has 1 heterocycles. The van der Waals surface area contributed by atoms with Crippen LogP contribution in [-0.2, 0) is 14.8 Å². The van der Waals surface area contributed by atoms with Crippen molar-refractivity contribution in [2.24, 2.45) is 5.10 Å². The summed E-state index contributed by atoms with van der Waals surface area (Å²) in [6, 6.07) is 14.2. The first-order valence-electron chi connectivity index (χ1n) is 9.67. The van der Waals surface area contributed by atoms with Crippen LogP contribution in [0.2, 0.25) is 10.0 Å². The van der Waals surface area contributed by atoms with Crippen molar-refractivity contribution in [3.8, 4) is 5.69 Å². The number of sulfonamides is 1. The molecular weight excluding hydrogens is 551 g/mol. The number of amides is 1. The molecule has 3 rings (SSSR count). The van der Waals surface area contributed by atoms with E-state index in [0.717, 1.165) is 37.7 Å². The molecular formula is C22H21BrCl2N4O3S. The van der Waals surface area contributed by atoms with E-state index in [0.29, 0.717) is 5.02 Å². The van der Waals surface area contributed by atoms with Crippen LogP contribution in [0.4, 0.5) is 5.69 Å². The number of anilines is 1. The largest absolute Gasteiger partial charge is 0.318 e. The van der Waals surface area contributed by atoms with Gasteiger partial charge in [-0.15, -0.1) is 0 Å². The first-order chi connectivity index (χ1) is 15.5. The number of hydrogen-bond acceptors (Lipinski definition) is 4. The Balaban J connectivity index is 1.77. The van der Waals surface area contributed by atoms with E-state index >= 15 is 0 Å². The number of nitrogens with zero attached hydrogens (tertiary/aromatic N) is 3. The third kappa shape index (κ3) is 6.17. The van der Waals surface area contributed by atoms with Crippen molar-refractivity contribution in [2.45, 2.75) is 13.8 Å². The van der Waals surface area contributed by atoms with Crippen LogP contribution in [0.15, 0.2) is 58.1 Å². The molecule has 0 fully saturated rings. The van der Waals surface area contributed by atoms with Crippen LogP contribution in [0.25, 0.3) is 5.69 Å². The molecule has 0 spiro atoms. The molecule has 174 valence electrons. The van der Waals surface area contributed by atoms with E-state index < -0.39 is 22.5 Å². The lowest BCUT2D eigenvalue weighted by atomic mass is 10.2. The molecule has 1 amide bonds. The van der Waals surface area contributed by atoms with Gasteiger partial charge in [0.05, 0.1) is 23.2 Å². The Bertz CT molecular complexity index is 1340. The second-order valence-corrected chi connectivity index (χ2v) is 11.0. The zero-order valence-corrected chi connectivity index (χ0v) is 21.9. The molecule has 0 saturated carbocycles. The number of carbonyl (C=O) groups excluding carboxylic acids is 1. The molecule has 0 saturated heterocycles. The number of benzene rings is 2. The van der Waals surface area contributed by atoms with E-state index in [2.05, 4.69) is 31.0 Å². The number of aromatic nitrogens is 1. The first-order valence-corrected chi connectivity index (χ1v) is 13.1. The fourth-order valence-electron chi connectivity index (χ4n) is 3.33. The summed E-state index contributed by atoms with van der Waals surface area (Å²) < 4.78 is 28.5. The number of carbonyl (C=O) groups is 1. The Morgan fingerprint density at radius 3 is 2.58 bits per heavy atom. The SMILES string of the molecule is Cc1cc(/C=N/NC(=O)CN(c2cc(Cl)ccc2Cl)S(C)(=O)=O)c(C)n1-c1cccc(Br)c1. The Morgan fingerprint density at radius 1 is 1.18 bits per heavy atom. The van der Waals surface area contributed by atoms with Crippen molar-refractivity contribution in [1.29, 1.82) is 0 Å². The van der Waals surface area contributed by atoms with E-state index in [1.807, 2.05) is 44.2 Å². The van der Waals surface area contributed by atoms with Gasteiger partial charge < -0.3 is 4.57 Å². The minimum Gasteiger partial charge on any atom is -0.318 e. The highest BCUT2D eigenvalue weighted by Gasteiger charge is 2.23. The summed E-state index contributed by atoms with van der Waals surface area (Å²) in [5.41, 5.74) is 6.22. The average molecular weight is 572 g/mol. The van der Waals surface area contributed by atoms with Gasteiger partial charge in [-0.05, 0) is 56.3 Å². The zero-order valence-electron chi connectivity index (χ0n) is 18.0. The summed E-state index contributed by atoms with van der Waals surface area (Å²) in [5.74, 6) is -0.631. The quantitative estimate of drug-likeness (QED) is 0.317. The summed E-state index contributed by atoms with van der Waals surface area (Å²) in [4.78, 5) is 12.5. The highest BCUT2D eigenvalue weighted by Crippen LogP contribution is 2.30. The molecule has 1 aromatic heterocycles. The highest BCUT2D eigenvalue weighted by molar-refractivity contribution is 9.10. The number of hydrogen-bond donors (Lipinski definition) is 1. The molecule has 0 unspecified atom stereocenters. The number of aryl methyl sites for hydroxylation is 1. The Labute approximate surface area is 211 Å². The van der Waals surface area contributed by atoms with Gasteiger partial charge in [0.2, 0.25) is 10.0 Å². The molecule has 0 aliphatic carbocycles. The van der Waals surface area contributed by atoms with E-state index in [1.54, 1.807) is 0 Å². The van der Waals surface area contributed by atoms with Gasteiger partial charge in [0.1, 0.15) is 6.54 Å². The van der Waals surface area contributed by atoms with Crippen molar-refractivity contribution >= 4 is 67.0 Å². The third-order valence-electron chi connectivity index (χ3n) is 4.79. The normalized spacial score (nSPS) is 11.7. The molecule has 2 aromatic carbocycles. The van der Waals surface area contributed by atoms with E-state index in [-0.39, 0.29) is 10.7 Å². The molecule has 1 N–H and O–H groups in total. The van der Waals surface area contributed by atoms with Crippen LogP contribution in [0, 0.1) is 13.8 Å². The molecule has 33 heavy (non-hydrogen) atoms. The average Bonchev–Trinajstić information content (AvgIpc) is 3.00. The highest BCUT2D eigenvalue weighted by atomic mass is 79.9. The summed E-state index contributed by atoms with van der Waals surface area (Å²) >= 11 is 15.6. The maximum Gasteiger partial charge on any atom is 0.260 e. The standard InChI is InChI=1S/C22H21BrCl2N4O3S/c1-14-9-16(15(2)29(14)19-6-4-5-17(23)10-19)12-26-27-22(30)13-28(33(3,31)32)21-11-18(24)7-8-20(21)25/h4-12H,13H2,1-3H3,(H,27,30)/b26-12+. The first kappa shape index (κ1) is 25.3. The van der Waals surface area contributed by atoms with Gasteiger partial charge in [0.15, 0.2) is 0 Å². The van der Waals surface area contributed by atoms with Gasteiger partial charge >= 0.3 is 0 Å². The van der Waals surface area contributed by atoms with Crippen molar-refractivity contribution in [2.75, 3.05) is 17.1 Å². The Kier molecular flexibility index (Phi) is 7.89. The molecule has 11 heteroatoms. The lowest BCUT2D eigenvalue weighted by molar-refractivity contribution is -0.119. The second kappa shape index (κ2) is 10.3. The number of halogens is 3. The van der Waals surface area contributed by atoms with Crippen molar-refractivity contribution in [3.63, 3.8) is 0 Å². The molecule has 0 radical (unpaired) electrons. The second-order valence-electron chi connectivity index (χ2n) is 7.30. The minimum absolute atomic E-state index is 0.114. The number of hydrazone groups is 1. The van der Waals surface area contributed by atoms with Gasteiger partial charge in [-0.3, -0.25) is 9.10 Å². The van der Waals surface area contributed by atoms with Crippen LogP contribution in [0.3, 0.4) is 0 Å². The predicted molar refractivity (Wildman–Crippen MR) is 137 cm³/mol. The number of nitrogens with one attached hydrogen (secondary N) is 1. The fourth-order valence-corrected chi connectivity index (χ4v) is 5.01. The van der Waals surface area contributed by atoms with Crippen LogP contribution in [-0.4, -0.2) is 37.9 Å².